The van der Waals surface area contributed by atoms with E-state index in [0.717, 1.165) is 55.0 Å². The number of amides is 1. The minimum absolute atomic E-state index is 0.0749. The molecule has 0 saturated carbocycles. The second kappa shape index (κ2) is 10.4. The number of hydrogen-bond donors (Lipinski definition) is 1. The van der Waals surface area contributed by atoms with Crippen LogP contribution in [0.4, 0.5) is 11.4 Å². The fraction of sp³-hybridized carbons (Fsp3) is 0.484. The number of likely N-dealkylation sites (tertiary alicyclic amines) is 1. The van der Waals surface area contributed by atoms with E-state index in [0.29, 0.717) is 29.4 Å². The molecule has 2 heterocycles. The van der Waals surface area contributed by atoms with Crippen molar-refractivity contribution in [1.82, 2.24) is 4.90 Å². The molecule has 1 fully saturated rings. The van der Waals surface area contributed by atoms with Gasteiger partial charge in [0.25, 0.3) is 0 Å². The molecule has 7 heteroatoms. The lowest BCUT2D eigenvalue weighted by molar-refractivity contribution is -0.131. The molecule has 2 aliphatic heterocycles. The van der Waals surface area contributed by atoms with E-state index in [1.54, 1.807) is 14.2 Å². The van der Waals surface area contributed by atoms with E-state index in [1.165, 1.54) is 0 Å². The number of nitrogens with one attached hydrogen (secondary N) is 1. The van der Waals surface area contributed by atoms with Gasteiger partial charge >= 0.3 is 0 Å². The van der Waals surface area contributed by atoms with Crippen LogP contribution in [0.15, 0.2) is 53.7 Å². The number of benzene rings is 2. The Bertz CT molecular complexity index is 1270. The van der Waals surface area contributed by atoms with Crippen molar-refractivity contribution in [3.05, 3.63) is 59.3 Å². The molecule has 1 aliphatic carbocycles. The number of hydrogen-bond acceptors (Lipinski definition) is 6. The molecule has 2 aromatic rings. The van der Waals surface area contributed by atoms with Gasteiger partial charge in [0.05, 0.1) is 38.2 Å². The van der Waals surface area contributed by atoms with Crippen molar-refractivity contribution in [2.75, 3.05) is 44.1 Å². The highest BCUT2D eigenvalue weighted by molar-refractivity contribution is 6.02. The first-order valence-electron chi connectivity index (χ1n) is 13.6. The molecule has 2 aromatic carbocycles. The number of rotatable bonds is 5. The number of para-hydroxylation sites is 3. The van der Waals surface area contributed by atoms with Crippen molar-refractivity contribution in [2.24, 2.45) is 11.3 Å². The van der Waals surface area contributed by atoms with Gasteiger partial charge in [-0.15, -0.1) is 0 Å². The molecule has 3 aliphatic rings. The summed E-state index contributed by atoms with van der Waals surface area (Å²) in [4.78, 5) is 31.9. The van der Waals surface area contributed by atoms with E-state index < -0.39 is 6.04 Å². The minimum Gasteiger partial charge on any atom is -0.493 e. The molecule has 0 spiro atoms. The van der Waals surface area contributed by atoms with E-state index in [2.05, 4.69) is 31.0 Å². The van der Waals surface area contributed by atoms with Gasteiger partial charge in [-0.3, -0.25) is 9.59 Å². The zero-order valence-corrected chi connectivity index (χ0v) is 23.2. The monoisotopic (exact) mass is 517 g/mol. The highest BCUT2D eigenvalue weighted by Crippen LogP contribution is 2.50. The first kappa shape index (κ1) is 26.1. The van der Waals surface area contributed by atoms with Crippen LogP contribution in [0.3, 0.4) is 0 Å². The molecule has 1 amide bonds. The van der Waals surface area contributed by atoms with Crippen molar-refractivity contribution in [1.29, 1.82) is 0 Å². The number of ether oxygens (including phenoxy) is 2. The summed E-state index contributed by atoms with van der Waals surface area (Å²) in [6.07, 6.45) is 3.33. The maximum atomic E-state index is 14.0. The molecule has 2 unspecified atom stereocenters. The Morgan fingerprint density at radius 1 is 1.08 bits per heavy atom. The number of carbonyl (C=O) groups excluding carboxylic acids is 2. The number of nitrogens with zero attached hydrogens (tertiary/aromatic N) is 2. The normalized spacial score (nSPS) is 22.7. The second-order valence-electron chi connectivity index (χ2n) is 11.7. The summed E-state index contributed by atoms with van der Waals surface area (Å²) in [6, 6.07) is 13.3. The molecule has 0 radical (unpaired) electrons. The maximum absolute atomic E-state index is 14.0. The van der Waals surface area contributed by atoms with Crippen molar-refractivity contribution < 1.29 is 19.1 Å². The van der Waals surface area contributed by atoms with Crippen LogP contribution in [-0.2, 0) is 9.59 Å². The highest BCUT2D eigenvalue weighted by atomic mass is 16.5. The zero-order chi connectivity index (χ0) is 27.0. The van der Waals surface area contributed by atoms with Gasteiger partial charge in [0, 0.05) is 36.3 Å². The van der Waals surface area contributed by atoms with E-state index in [1.807, 2.05) is 47.4 Å². The van der Waals surface area contributed by atoms with Gasteiger partial charge in [0.2, 0.25) is 5.91 Å². The lowest BCUT2D eigenvalue weighted by atomic mass is 9.73. The first-order valence-corrected chi connectivity index (χ1v) is 13.6. The number of methoxy groups -OCH3 is 2. The average Bonchev–Trinajstić information content (AvgIpc) is 3.01. The van der Waals surface area contributed by atoms with E-state index >= 15 is 0 Å². The smallest absolute Gasteiger partial charge is 0.242 e. The van der Waals surface area contributed by atoms with Crippen LogP contribution in [0.5, 0.6) is 11.5 Å². The third-order valence-electron chi connectivity index (χ3n) is 8.05. The Hall–Kier alpha value is -3.48. The lowest BCUT2D eigenvalue weighted by Crippen LogP contribution is -2.46. The molecule has 5 rings (SSSR count). The number of carbonyl (C=O) groups is 2. The van der Waals surface area contributed by atoms with Gasteiger partial charge in [-0.25, -0.2) is 0 Å². The van der Waals surface area contributed by atoms with Crippen LogP contribution in [0, 0.1) is 11.3 Å². The molecule has 0 aromatic heterocycles. The molecular weight excluding hydrogens is 478 g/mol. The number of fused-ring (bicyclic) bond motifs is 1. The predicted molar refractivity (Wildman–Crippen MR) is 150 cm³/mol. The Kier molecular flexibility index (Phi) is 7.12. The summed E-state index contributed by atoms with van der Waals surface area (Å²) in [7, 11) is 3.24. The summed E-state index contributed by atoms with van der Waals surface area (Å²) in [6.45, 7) is 8.16. The predicted octanol–water partition coefficient (Wildman–Crippen LogP) is 5.58. The molecule has 2 atom stereocenters. The molecule has 1 N–H and O–H groups in total. The summed E-state index contributed by atoms with van der Waals surface area (Å²) < 4.78 is 11.5. The third kappa shape index (κ3) is 4.86. The number of Topliss-reactive ketones (excluding diaryl/α,β-unsaturated/α-hetero) is 1. The molecule has 202 valence electrons. The molecule has 1 saturated heterocycles. The number of ketones is 1. The molecular formula is C31H39N3O4. The van der Waals surface area contributed by atoms with Gasteiger partial charge in [-0.2, -0.15) is 0 Å². The Balaban J connectivity index is 1.71. The van der Waals surface area contributed by atoms with Crippen molar-refractivity contribution in [3.8, 4) is 11.5 Å². The lowest BCUT2D eigenvalue weighted by Gasteiger charge is -2.39. The second-order valence-corrected chi connectivity index (χ2v) is 11.7. The fourth-order valence-corrected chi connectivity index (χ4v) is 6.34. The summed E-state index contributed by atoms with van der Waals surface area (Å²) in [5, 5.41) is 3.62. The molecule has 0 bridgehead atoms. The third-order valence-corrected chi connectivity index (χ3v) is 8.05. The van der Waals surface area contributed by atoms with E-state index in [4.69, 9.17) is 9.47 Å². The van der Waals surface area contributed by atoms with Crippen LogP contribution >= 0.6 is 0 Å². The van der Waals surface area contributed by atoms with Gasteiger partial charge < -0.3 is 24.6 Å². The average molecular weight is 518 g/mol. The van der Waals surface area contributed by atoms with E-state index in [9.17, 15) is 9.59 Å². The van der Waals surface area contributed by atoms with Crippen LogP contribution in [0.2, 0.25) is 0 Å². The van der Waals surface area contributed by atoms with Crippen molar-refractivity contribution in [3.63, 3.8) is 0 Å². The minimum atomic E-state index is -0.513. The summed E-state index contributed by atoms with van der Waals surface area (Å²) in [5.41, 5.74) is 4.04. The largest absolute Gasteiger partial charge is 0.493 e. The Morgan fingerprint density at radius 2 is 1.87 bits per heavy atom. The topological polar surface area (TPSA) is 71.1 Å². The summed E-state index contributed by atoms with van der Waals surface area (Å²) >= 11 is 0. The van der Waals surface area contributed by atoms with Gasteiger partial charge in [0.15, 0.2) is 17.3 Å². The maximum Gasteiger partial charge on any atom is 0.242 e. The number of anilines is 2. The van der Waals surface area contributed by atoms with Crippen molar-refractivity contribution in [2.45, 2.75) is 52.5 Å². The standard InChI is InChI=1S/C31H39N3O4/c1-20-10-9-15-33(18-20)27(36)19-34-24-13-7-6-12-22(24)32-23-16-31(2,3)17-25(35)28(23)29(34)21-11-8-14-26(37-4)30(21)38-5/h6-8,11-14,20,29,32H,9-10,15-19H2,1-5H3. The summed E-state index contributed by atoms with van der Waals surface area (Å²) in [5.74, 6) is 1.82. The zero-order valence-electron chi connectivity index (χ0n) is 23.2. The Labute approximate surface area is 225 Å². The number of allylic oxidation sites excluding steroid dienone is 1. The fourth-order valence-electron chi connectivity index (χ4n) is 6.34. The van der Waals surface area contributed by atoms with Crippen LogP contribution in [0.1, 0.15) is 58.1 Å². The SMILES string of the molecule is COc1cccc(C2C3=C(CC(C)(C)CC3=O)Nc3ccccc3N2CC(=O)N2CCCC(C)C2)c1OC. The van der Waals surface area contributed by atoms with Crippen LogP contribution < -0.4 is 19.7 Å². The molecule has 7 nitrogen and oxygen atoms in total. The quantitative estimate of drug-likeness (QED) is 0.559. The first-order chi connectivity index (χ1) is 18.2. The molecule has 38 heavy (non-hydrogen) atoms. The van der Waals surface area contributed by atoms with Crippen LogP contribution in [-0.4, -0.2) is 50.4 Å². The van der Waals surface area contributed by atoms with Crippen molar-refractivity contribution >= 4 is 23.1 Å². The van der Waals surface area contributed by atoms with Gasteiger partial charge in [-0.05, 0) is 48.8 Å². The van der Waals surface area contributed by atoms with E-state index in [-0.39, 0.29) is 23.7 Å². The number of piperidine rings is 1. The Morgan fingerprint density at radius 3 is 2.61 bits per heavy atom. The van der Waals surface area contributed by atoms with Gasteiger partial charge in [-0.1, -0.05) is 45.0 Å². The highest BCUT2D eigenvalue weighted by Gasteiger charge is 2.43. The van der Waals surface area contributed by atoms with Crippen LogP contribution in [0.25, 0.3) is 0 Å². The van der Waals surface area contributed by atoms with Gasteiger partial charge in [0.1, 0.15) is 0 Å².